The predicted octanol–water partition coefficient (Wildman–Crippen LogP) is 4.71. The molecule has 3 heterocycles. The van der Waals surface area contributed by atoms with Crippen molar-refractivity contribution in [3.8, 4) is 10.4 Å². The number of halogens is 1. The highest BCUT2D eigenvalue weighted by Gasteiger charge is 2.26. The van der Waals surface area contributed by atoms with Gasteiger partial charge in [0.15, 0.2) is 5.13 Å². The quantitative estimate of drug-likeness (QED) is 0.602. The zero-order chi connectivity index (χ0) is 22.0. The van der Waals surface area contributed by atoms with Crippen LogP contribution in [-0.2, 0) is 11.3 Å². The van der Waals surface area contributed by atoms with Gasteiger partial charge in [-0.05, 0) is 50.6 Å². The summed E-state index contributed by atoms with van der Waals surface area (Å²) in [6, 6.07) is 11.1. The number of amides is 1. The SMILES string of the molecule is Cc1cc(-c2sc(N3C[C@@H](C)O[C@@H](C)C3)nc2CNC(=O)c2ccccc2Cl)ccn1. The molecular weight excluding hydrogens is 432 g/mol. The van der Waals surface area contributed by atoms with Crippen molar-refractivity contribution in [3.05, 3.63) is 64.6 Å². The minimum absolute atomic E-state index is 0.141. The second-order valence-electron chi connectivity index (χ2n) is 7.78. The van der Waals surface area contributed by atoms with Crippen molar-refractivity contribution in [1.29, 1.82) is 0 Å². The van der Waals surface area contributed by atoms with Crippen LogP contribution < -0.4 is 10.2 Å². The number of aromatic nitrogens is 2. The molecule has 4 rings (SSSR count). The molecule has 2 aromatic heterocycles. The van der Waals surface area contributed by atoms with Crippen molar-refractivity contribution in [2.75, 3.05) is 18.0 Å². The number of anilines is 1. The van der Waals surface area contributed by atoms with E-state index in [1.54, 1.807) is 41.8 Å². The van der Waals surface area contributed by atoms with E-state index in [4.69, 9.17) is 21.3 Å². The highest BCUT2D eigenvalue weighted by molar-refractivity contribution is 7.19. The molecule has 0 bridgehead atoms. The lowest BCUT2D eigenvalue weighted by atomic mass is 10.1. The van der Waals surface area contributed by atoms with E-state index in [0.29, 0.717) is 17.1 Å². The first-order valence-corrected chi connectivity index (χ1v) is 11.5. The maximum Gasteiger partial charge on any atom is 0.253 e. The van der Waals surface area contributed by atoms with Gasteiger partial charge in [-0.25, -0.2) is 4.98 Å². The van der Waals surface area contributed by atoms with Gasteiger partial charge < -0.3 is 15.0 Å². The molecule has 8 heteroatoms. The first-order chi connectivity index (χ1) is 14.9. The molecule has 1 fully saturated rings. The van der Waals surface area contributed by atoms with Gasteiger partial charge in [0.05, 0.1) is 39.9 Å². The normalized spacial score (nSPS) is 18.8. The fourth-order valence-electron chi connectivity index (χ4n) is 3.75. The Morgan fingerprint density at radius 2 is 2.00 bits per heavy atom. The molecule has 0 unspecified atom stereocenters. The third-order valence-corrected chi connectivity index (χ3v) is 6.61. The number of hydrogen-bond acceptors (Lipinski definition) is 6. The van der Waals surface area contributed by atoms with E-state index in [0.717, 1.165) is 40.0 Å². The van der Waals surface area contributed by atoms with E-state index in [9.17, 15) is 4.79 Å². The molecule has 1 aliphatic rings. The van der Waals surface area contributed by atoms with Crippen LogP contribution in [0.5, 0.6) is 0 Å². The van der Waals surface area contributed by atoms with Crippen LogP contribution in [0.15, 0.2) is 42.6 Å². The molecule has 162 valence electrons. The second kappa shape index (κ2) is 9.34. The van der Waals surface area contributed by atoms with Crippen molar-refractivity contribution in [3.63, 3.8) is 0 Å². The molecule has 2 atom stereocenters. The van der Waals surface area contributed by atoms with Crippen LogP contribution in [0.4, 0.5) is 5.13 Å². The van der Waals surface area contributed by atoms with Crippen molar-refractivity contribution >= 4 is 34.0 Å². The lowest BCUT2D eigenvalue weighted by Gasteiger charge is -2.35. The van der Waals surface area contributed by atoms with E-state index in [1.807, 2.05) is 19.1 Å². The molecule has 0 saturated carbocycles. The zero-order valence-corrected chi connectivity index (χ0v) is 19.3. The molecule has 6 nitrogen and oxygen atoms in total. The molecule has 31 heavy (non-hydrogen) atoms. The van der Waals surface area contributed by atoms with Crippen molar-refractivity contribution in [2.24, 2.45) is 0 Å². The number of aryl methyl sites for hydroxylation is 1. The molecule has 1 N–H and O–H groups in total. The highest BCUT2D eigenvalue weighted by Crippen LogP contribution is 2.36. The third kappa shape index (κ3) is 5.06. The Morgan fingerprint density at radius 1 is 1.26 bits per heavy atom. The second-order valence-corrected chi connectivity index (χ2v) is 9.17. The van der Waals surface area contributed by atoms with Crippen LogP contribution in [0.1, 0.15) is 35.6 Å². The maximum absolute atomic E-state index is 12.7. The molecule has 1 aromatic carbocycles. The van der Waals surface area contributed by atoms with Gasteiger partial charge in [0.2, 0.25) is 0 Å². The van der Waals surface area contributed by atoms with Crippen LogP contribution >= 0.6 is 22.9 Å². The van der Waals surface area contributed by atoms with Crippen molar-refractivity contribution in [2.45, 2.75) is 39.5 Å². The summed E-state index contributed by atoms with van der Waals surface area (Å²) in [5.74, 6) is -0.217. The lowest BCUT2D eigenvalue weighted by molar-refractivity contribution is -0.00523. The first kappa shape index (κ1) is 21.7. The van der Waals surface area contributed by atoms with E-state index < -0.39 is 0 Å². The minimum Gasteiger partial charge on any atom is -0.372 e. The molecule has 0 spiro atoms. The summed E-state index contributed by atoms with van der Waals surface area (Å²) in [6.07, 6.45) is 2.08. The van der Waals surface area contributed by atoms with Gasteiger partial charge in [-0.3, -0.25) is 9.78 Å². The van der Waals surface area contributed by atoms with Crippen LogP contribution in [0.25, 0.3) is 10.4 Å². The topological polar surface area (TPSA) is 67.3 Å². The number of morpholine rings is 1. The standard InChI is InChI=1S/C23H25ClN4O2S/c1-14-10-17(8-9-25-14)21-20(11-26-22(29)18-6-4-5-7-19(18)24)27-23(31-21)28-12-15(2)30-16(3)13-28/h4-10,15-16H,11-13H2,1-3H3,(H,26,29)/t15-,16+. The van der Waals surface area contributed by atoms with Gasteiger partial charge in [-0.1, -0.05) is 35.1 Å². The van der Waals surface area contributed by atoms with Gasteiger partial charge in [0.25, 0.3) is 5.91 Å². The number of carbonyl (C=O) groups is 1. The van der Waals surface area contributed by atoms with E-state index in [2.05, 4.69) is 29.0 Å². The number of nitrogens with zero attached hydrogens (tertiary/aromatic N) is 3. The zero-order valence-electron chi connectivity index (χ0n) is 17.8. The largest absolute Gasteiger partial charge is 0.372 e. The molecule has 3 aromatic rings. The number of thiazole rings is 1. The summed E-state index contributed by atoms with van der Waals surface area (Å²) < 4.78 is 5.87. The number of carbonyl (C=O) groups excluding carboxylic acids is 1. The third-order valence-electron chi connectivity index (χ3n) is 5.07. The number of ether oxygens (including phenoxy) is 1. The Labute approximate surface area is 191 Å². The Kier molecular flexibility index (Phi) is 6.55. The summed E-state index contributed by atoms with van der Waals surface area (Å²) >= 11 is 7.82. The van der Waals surface area contributed by atoms with Gasteiger partial charge in [-0.2, -0.15) is 0 Å². The Balaban J connectivity index is 1.62. The fourth-order valence-corrected chi connectivity index (χ4v) is 5.06. The van der Waals surface area contributed by atoms with Gasteiger partial charge in [0.1, 0.15) is 0 Å². The number of benzene rings is 1. The molecule has 0 radical (unpaired) electrons. The summed E-state index contributed by atoms with van der Waals surface area (Å²) in [4.78, 5) is 25.2. The average molecular weight is 457 g/mol. The molecule has 1 aliphatic heterocycles. The molecule has 1 saturated heterocycles. The van der Waals surface area contributed by atoms with Crippen LogP contribution in [-0.4, -0.2) is 41.2 Å². The molecular formula is C23H25ClN4O2S. The van der Waals surface area contributed by atoms with Gasteiger partial charge >= 0.3 is 0 Å². The lowest BCUT2D eigenvalue weighted by Crippen LogP contribution is -2.45. The minimum atomic E-state index is -0.217. The van der Waals surface area contributed by atoms with Crippen LogP contribution in [0, 0.1) is 6.92 Å². The number of hydrogen-bond donors (Lipinski definition) is 1. The van der Waals surface area contributed by atoms with Gasteiger partial charge in [0, 0.05) is 25.0 Å². The summed E-state index contributed by atoms with van der Waals surface area (Å²) in [6.45, 7) is 8.01. The van der Waals surface area contributed by atoms with E-state index in [1.165, 1.54) is 0 Å². The summed E-state index contributed by atoms with van der Waals surface area (Å²) in [5.41, 5.74) is 3.27. The maximum atomic E-state index is 12.7. The number of rotatable bonds is 5. The Hall–Kier alpha value is -2.48. The Morgan fingerprint density at radius 3 is 2.71 bits per heavy atom. The van der Waals surface area contributed by atoms with Crippen LogP contribution in [0.2, 0.25) is 5.02 Å². The van der Waals surface area contributed by atoms with Crippen molar-refractivity contribution in [1.82, 2.24) is 15.3 Å². The van der Waals surface area contributed by atoms with Crippen LogP contribution in [0.3, 0.4) is 0 Å². The summed E-state index contributed by atoms with van der Waals surface area (Å²) in [5, 5.41) is 4.35. The van der Waals surface area contributed by atoms with Crippen molar-refractivity contribution < 1.29 is 9.53 Å². The average Bonchev–Trinajstić information content (AvgIpc) is 3.16. The number of pyridine rings is 1. The predicted molar refractivity (Wildman–Crippen MR) is 125 cm³/mol. The highest BCUT2D eigenvalue weighted by atomic mass is 35.5. The first-order valence-electron chi connectivity index (χ1n) is 10.3. The smallest absolute Gasteiger partial charge is 0.253 e. The number of nitrogens with one attached hydrogen (secondary N) is 1. The van der Waals surface area contributed by atoms with Gasteiger partial charge in [-0.15, -0.1) is 0 Å². The molecule has 0 aliphatic carbocycles. The molecule has 1 amide bonds. The van der Waals surface area contributed by atoms with E-state index >= 15 is 0 Å². The monoisotopic (exact) mass is 456 g/mol. The fraction of sp³-hybridized carbons (Fsp3) is 0.348. The Bertz CT molecular complexity index is 1080. The van der Waals surface area contributed by atoms with E-state index in [-0.39, 0.29) is 18.1 Å². The summed E-state index contributed by atoms with van der Waals surface area (Å²) in [7, 11) is 0.